The molecular formula is C26H32N4S3Si2. The minimum atomic E-state index is -1.56. The fourth-order valence-corrected chi connectivity index (χ4v) is 12.1. The third-order valence-corrected chi connectivity index (χ3v) is 17.2. The van der Waals surface area contributed by atoms with Gasteiger partial charge in [0.15, 0.2) is 0 Å². The number of hydrogen-bond acceptors (Lipinski definition) is 7. The van der Waals surface area contributed by atoms with Gasteiger partial charge >= 0.3 is 0 Å². The van der Waals surface area contributed by atoms with E-state index in [2.05, 4.69) is 79.1 Å². The third kappa shape index (κ3) is 4.25. The zero-order valence-electron chi connectivity index (χ0n) is 22.2. The molecule has 5 heterocycles. The van der Waals surface area contributed by atoms with E-state index in [1.807, 2.05) is 34.0 Å². The molecule has 4 nitrogen and oxygen atoms in total. The average Bonchev–Trinajstić information content (AvgIpc) is 3.43. The monoisotopic (exact) mass is 552 g/mol. The highest BCUT2D eigenvalue weighted by molar-refractivity contribution is 7.35. The van der Waals surface area contributed by atoms with Crippen molar-refractivity contribution in [2.75, 3.05) is 0 Å². The van der Waals surface area contributed by atoms with Crippen molar-refractivity contribution in [3.05, 3.63) is 34.9 Å². The summed E-state index contributed by atoms with van der Waals surface area (Å²) in [6.45, 7) is 22.7. The molecule has 0 fully saturated rings. The molecule has 0 amide bonds. The summed E-state index contributed by atoms with van der Waals surface area (Å²) < 4.78 is 2.88. The van der Waals surface area contributed by atoms with Crippen molar-refractivity contribution in [1.29, 1.82) is 0 Å². The quantitative estimate of drug-likeness (QED) is 0.218. The van der Waals surface area contributed by atoms with Crippen molar-refractivity contribution < 1.29 is 0 Å². The Kier molecular flexibility index (Phi) is 5.96. The van der Waals surface area contributed by atoms with Gasteiger partial charge in [-0.1, -0.05) is 39.3 Å². The summed E-state index contributed by atoms with van der Waals surface area (Å²) in [5.74, 6) is 0. The Hall–Kier alpha value is -1.79. The van der Waals surface area contributed by atoms with Crippen LogP contribution in [0.3, 0.4) is 0 Å². The van der Waals surface area contributed by atoms with Gasteiger partial charge in [0.2, 0.25) is 0 Å². The Labute approximate surface area is 221 Å². The molecule has 182 valence electrons. The molecule has 0 aliphatic heterocycles. The standard InChI is InChI=1S/C26H32N4S3Si2/c1-13-15(3)29-21-19(27-13)23(32-25(21)34(5,6)7)17-11-12-18(31-17)24-20-22(26(33-24)35(8,9)10)30-16(4)14(2)28-20/h11-12H,1-10H3. The van der Waals surface area contributed by atoms with Crippen molar-refractivity contribution in [3.8, 4) is 19.5 Å². The normalized spacial score (nSPS) is 12.9. The second-order valence-corrected chi connectivity index (χ2v) is 25.2. The van der Waals surface area contributed by atoms with E-state index in [1.54, 1.807) is 0 Å². The maximum Gasteiger partial charge on any atom is 0.108 e. The van der Waals surface area contributed by atoms with Gasteiger partial charge in [0.25, 0.3) is 0 Å². The molecule has 9 heteroatoms. The smallest absolute Gasteiger partial charge is 0.108 e. The van der Waals surface area contributed by atoms with Crippen LogP contribution in [0.15, 0.2) is 12.1 Å². The highest BCUT2D eigenvalue weighted by Gasteiger charge is 2.29. The zero-order chi connectivity index (χ0) is 25.4. The van der Waals surface area contributed by atoms with Crippen LogP contribution in [-0.2, 0) is 0 Å². The van der Waals surface area contributed by atoms with Gasteiger partial charge in [-0.05, 0) is 39.8 Å². The lowest BCUT2D eigenvalue weighted by molar-refractivity contribution is 1.11. The molecule has 0 N–H and O–H groups in total. The Morgan fingerprint density at radius 3 is 1.11 bits per heavy atom. The second kappa shape index (κ2) is 8.38. The maximum atomic E-state index is 5.04. The maximum absolute atomic E-state index is 5.04. The summed E-state index contributed by atoms with van der Waals surface area (Å²) in [6, 6.07) is 4.54. The van der Waals surface area contributed by atoms with Crippen LogP contribution in [0, 0.1) is 27.7 Å². The molecule has 0 atom stereocenters. The van der Waals surface area contributed by atoms with Gasteiger partial charge < -0.3 is 0 Å². The van der Waals surface area contributed by atoms with Crippen molar-refractivity contribution in [2.45, 2.75) is 67.0 Å². The first kappa shape index (κ1) is 24.9. The van der Waals surface area contributed by atoms with Gasteiger partial charge in [-0.25, -0.2) is 19.9 Å². The van der Waals surface area contributed by atoms with E-state index in [1.165, 1.54) is 28.5 Å². The molecule has 5 aromatic rings. The van der Waals surface area contributed by atoms with E-state index in [4.69, 9.17) is 19.9 Å². The Morgan fingerprint density at radius 2 is 0.800 bits per heavy atom. The lowest BCUT2D eigenvalue weighted by Crippen LogP contribution is -2.36. The number of thiophene rings is 3. The molecule has 5 rings (SSSR count). The van der Waals surface area contributed by atoms with Crippen LogP contribution in [0.1, 0.15) is 22.8 Å². The summed E-state index contributed by atoms with van der Waals surface area (Å²) >= 11 is 5.66. The first-order valence-corrected chi connectivity index (χ1v) is 21.4. The van der Waals surface area contributed by atoms with Gasteiger partial charge in [-0.2, -0.15) is 0 Å². The van der Waals surface area contributed by atoms with Crippen molar-refractivity contribution in [1.82, 2.24) is 19.9 Å². The Balaban J connectivity index is 1.72. The number of rotatable bonds is 4. The van der Waals surface area contributed by atoms with Crippen LogP contribution >= 0.6 is 34.0 Å². The molecule has 0 aromatic carbocycles. The SMILES string of the molecule is Cc1nc2c(-c3ccc(-c4sc([Si](C)(C)C)c5nc(C)c(C)nc45)s3)sc([Si](C)(C)C)c2nc1C. The van der Waals surface area contributed by atoms with Crippen molar-refractivity contribution in [3.63, 3.8) is 0 Å². The van der Waals surface area contributed by atoms with Gasteiger partial charge in [-0.3, -0.25) is 0 Å². The molecule has 0 spiro atoms. The van der Waals surface area contributed by atoms with E-state index in [9.17, 15) is 0 Å². The summed E-state index contributed by atoms with van der Waals surface area (Å²) in [5.41, 5.74) is 8.44. The number of aromatic nitrogens is 4. The molecule has 35 heavy (non-hydrogen) atoms. The minimum absolute atomic E-state index is 1.01. The van der Waals surface area contributed by atoms with E-state index in [0.29, 0.717) is 0 Å². The molecule has 0 unspecified atom stereocenters. The summed E-state index contributed by atoms with van der Waals surface area (Å²) in [6.07, 6.45) is 0. The second-order valence-electron chi connectivity index (χ2n) is 11.4. The number of fused-ring (bicyclic) bond motifs is 2. The van der Waals surface area contributed by atoms with E-state index < -0.39 is 16.1 Å². The zero-order valence-corrected chi connectivity index (χ0v) is 26.6. The van der Waals surface area contributed by atoms with Gasteiger partial charge in [-0.15, -0.1) is 34.0 Å². The van der Waals surface area contributed by atoms with Crippen LogP contribution < -0.4 is 9.00 Å². The van der Waals surface area contributed by atoms with Gasteiger partial charge in [0.1, 0.15) is 11.0 Å². The molecule has 0 radical (unpaired) electrons. The highest BCUT2D eigenvalue weighted by atomic mass is 32.1. The largest absolute Gasteiger partial charge is 0.249 e. The predicted octanol–water partition coefficient (Wildman–Crippen LogP) is 7.42. The van der Waals surface area contributed by atoms with Crippen LogP contribution in [0.4, 0.5) is 0 Å². The first-order valence-electron chi connectivity index (χ1n) is 11.9. The van der Waals surface area contributed by atoms with Crippen molar-refractivity contribution in [2.24, 2.45) is 0 Å². The molecule has 0 saturated carbocycles. The summed E-state index contributed by atoms with van der Waals surface area (Å²) in [5, 5.41) is 0. The van der Waals surface area contributed by atoms with Gasteiger partial charge in [0, 0.05) is 18.8 Å². The number of aryl methyl sites for hydroxylation is 4. The van der Waals surface area contributed by atoms with Crippen molar-refractivity contribution >= 4 is 81.2 Å². The third-order valence-electron chi connectivity index (χ3n) is 6.30. The topological polar surface area (TPSA) is 51.6 Å². The fraction of sp³-hybridized carbons (Fsp3) is 0.385. The summed E-state index contributed by atoms with van der Waals surface area (Å²) in [7, 11) is -3.13. The van der Waals surface area contributed by atoms with E-state index in [-0.39, 0.29) is 0 Å². The lowest BCUT2D eigenvalue weighted by atomic mass is 10.2. The molecule has 5 aromatic heterocycles. The molecule has 0 saturated heterocycles. The molecular weight excluding hydrogens is 521 g/mol. The Morgan fingerprint density at radius 1 is 0.486 bits per heavy atom. The van der Waals surface area contributed by atoms with Gasteiger partial charge in [0.05, 0.1) is 59.7 Å². The minimum Gasteiger partial charge on any atom is -0.249 e. The lowest BCUT2D eigenvalue weighted by Gasteiger charge is -2.13. The fourth-order valence-electron chi connectivity index (χ4n) is 4.17. The Bertz CT molecular complexity index is 1500. The van der Waals surface area contributed by atoms with Crippen LogP contribution in [0.2, 0.25) is 39.3 Å². The molecule has 0 bridgehead atoms. The predicted molar refractivity (Wildman–Crippen MR) is 162 cm³/mol. The molecule has 0 aliphatic carbocycles. The van der Waals surface area contributed by atoms with Crippen LogP contribution in [0.5, 0.6) is 0 Å². The number of nitrogens with zero attached hydrogens (tertiary/aromatic N) is 4. The van der Waals surface area contributed by atoms with Crippen LogP contribution in [0.25, 0.3) is 41.6 Å². The van der Waals surface area contributed by atoms with E-state index >= 15 is 0 Å². The van der Waals surface area contributed by atoms with E-state index in [0.717, 1.165) is 44.8 Å². The molecule has 0 aliphatic rings. The summed E-state index contributed by atoms with van der Waals surface area (Å²) in [4.78, 5) is 25.2. The van der Waals surface area contributed by atoms with Crippen LogP contribution in [-0.4, -0.2) is 36.1 Å². The first-order chi connectivity index (χ1) is 16.3. The highest BCUT2D eigenvalue weighted by Crippen LogP contribution is 2.43. The number of hydrogen-bond donors (Lipinski definition) is 0. The average molecular weight is 553 g/mol.